The fourth-order valence-corrected chi connectivity index (χ4v) is 3.14. The molecule has 6 heteroatoms. The van der Waals surface area contributed by atoms with Crippen LogP contribution in [0.5, 0.6) is 5.75 Å². The summed E-state index contributed by atoms with van der Waals surface area (Å²) in [6, 6.07) is 7.85. The van der Waals surface area contributed by atoms with Crippen LogP contribution in [-0.2, 0) is 4.74 Å². The second-order valence-electron chi connectivity index (χ2n) is 6.25. The van der Waals surface area contributed by atoms with Crippen molar-refractivity contribution < 1.29 is 9.47 Å². The molecule has 1 saturated carbocycles. The second-order valence-corrected chi connectivity index (χ2v) is 7.17. The summed E-state index contributed by atoms with van der Waals surface area (Å²) < 4.78 is 12.0. The van der Waals surface area contributed by atoms with Gasteiger partial charge in [0.25, 0.3) is 0 Å². The molecular weight excluding hydrogens is 370 g/mol. The molecule has 1 aromatic rings. The van der Waals surface area contributed by atoms with Gasteiger partial charge in [-0.15, -0.1) is 0 Å². The zero-order chi connectivity index (χ0) is 17.3. The first-order valence-electron chi connectivity index (χ1n) is 8.49. The van der Waals surface area contributed by atoms with Gasteiger partial charge in [-0.1, -0.05) is 22.4 Å². The quantitative estimate of drug-likeness (QED) is 0.381. The van der Waals surface area contributed by atoms with Gasteiger partial charge in [0, 0.05) is 31.8 Å². The summed E-state index contributed by atoms with van der Waals surface area (Å²) >= 11 is 3.42. The van der Waals surface area contributed by atoms with Crippen molar-refractivity contribution in [1.82, 2.24) is 10.6 Å². The summed E-state index contributed by atoms with van der Waals surface area (Å²) in [7, 11) is 3.57. The smallest absolute Gasteiger partial charge is 0.191 e. The van der Waals surface area contributed by atoms with E-state index in [0.29, 0.717) is 18.6 Å². The standard InChI is InChI=1S/C18H28BrN3O2/c1-20-17(22-14-18(8-3-9-18)10-12-23-2)21-11-13-24-16-6-4-15(19)5-7-16/h4-7H,3,8-14H2,1-2H3,(H2,20,21,22). The molecular formula is C18H28BrN3O2. The molecule has 5 nitrogen and oxygen atoms in total. The van der Waals surface area contributed by atoms with Gasteiger partial charge in [0.15, 0.2) is 5.96 Å². The fourth-order valence-electron chi connectivity index (χ4n) is 2.87. The number of nitrogens with zero attached hydrogens (tertiary/aromatic N) is 1. The lowest BCUT2D eigenvalue weighted by molar-refractivity contribution is 0.0732. The molecule has 0 spiro atoms. The van der Waals surface area contributed by atoms with Gasteiger partial charge >= 0.3 is 0 Å². The van der Waals surface area contributed by atoms with Crippen LogP contribution in [0, 0.1) is 5.41 Å². The van der Waals surface area contributed by atoms with Gasteiger partial charge in [-0.3, -0.25) is 4.99 Å². The first-order chi connectivity index (χ1) is 11.7. The maximum absolute atomic E-state index is 5.70. The number of guanidine groups is 1. The van der Waals surface area contributed by atoms with Crippen molar-refractivity contribution in [1.29, 1.82) is 0 Å². The van der Waals surface area contributed by atoms with Crippen LogP contribution in [0.4, 0.5) is 0 Å². The van der Waals surface area contributed by atoms with E-state index in [0.717, 1.165) is 35.8 Å². The lowest BCUT2D eigenvalue weighted by Gasteiger charge is -2.42. The van der Waals surface area contributed by atoms with Crippen molar-refractivity contribution >= 4 is 21.9 Å². The van der Waals surface area contributed by atoms with Gasteiger partial charge in [-0.2, -0.15) is 0 Å². The highest BCUT2D eigenvalue weighted by Gasteiger charge is 2.36. The number of benzene rings is 1. The first kappa shape index (κ1) is 19.1. The molecule has 0 radical (unpaired) electrons. The average molecular weight is 398 g/mol. The number of methoxy groups -OCH3 is 1. The molecule has 2 N–H and O–H groups in total. The summed E-state index contributed by atoms with van der Waals surface area (Å²) in [6.45, 7) is 3.08. The molecule has 0 bridgehead atoms. The molecule has 0 heterocycles. The molecule has 134 valence electrons. The lowest BCUT2D eigenvalue weighted by Crippen LogP contribution is -2.47. The highest BCUT2D eigenvalue weighted by molar-refractivity contribution is 9.10. The zero-order valence-electron chi connectivity index (χ0n) is 14.6. The minimum atomic E-state index is 0.377. The second kappa shape index (κ2) is 9.89. The van der Waals surface area contributed by atoms with Crippen LogP contribution in [-0.4, -0.2) is 46.4 Å². The molecule has 1 aromatic carbocycles. The van der Waals surface area contributed by atoms with Gasteiger partial charge < -0.3 is 20.1 Å². The number of hydrogen-bond acceptors (Lipinski definition) is 3. The minimum absolute atomic E-state index is 0.377. The van der Waals surface area contributed by atoms with E-state index in [-0.39, 0.29) is 0 Å². The highest BCUT2D eigenvalue weighted by Crippen LogP contribution is 2.43. The minimum Gasteiger partial charge on any atom is -0.492 e. The molecule has 0 aromatic heterocycles. The number of hydrogen-bond donors (Lipinski definition) is 2. The van der Waals surface area contributed by atoms with Crippen LogP contribution < -0.4 is 15.4 Å². The Morgan fingerprint density at radius 3 is 2.54 bits per heavy atom. The summed E-state index contributed by atoms with van der Waals surface area (Å²) in [5.41, 5.74) is 0.377. The number of aliphatic imine (C=N–C) groups is 1. The topological polar surface area (TPSA) is 54.9 Å². The van der Waals surface area contributed by atoms with Crippen molar-refractivity contribution in [3.8, 4) is 5.75 Å². The Morgan fingerprint density at radius 1 is 1.21 bits per heavy atom. The number of nitrogens with one attached hydrogen (secondary N) is 2. The Labute approximate surface area is 153 Å². The van der Waals surface area contributed by atoms with Crippen LogP contribution in [0.2, 0.25) is 0 Å². The fraction of sp³-hybridized carbons (Fsp3) is 0.611. The van der Waals surface area contributed by atoms with Crippen LogP contribution in [0.15, 0.2) is 33.7 Å². The Bertz CT molecular complexity index is 516. The van der Waals surface area contributed by atoms with E-state index < -0.39 is 0 Å². The predicted molar refractivity (Wildman–Crippen MR) is 102 cm³/mol. The maximum Gasteiger partial charge on any atom is 0.191 e. The summed E-state index contributed by atoms with van der Waals surface area (Å²) in [5, 5.41) is 6.75. The van der Waals surface area contributed by atoms with E-state index >= 15 is 0 Å². The van der Waals surface area contributed by atoms with Gasteiger partial charge in [0.05, 0.1) is 6.54 Å². The average Bonchev–Trinajstić information content (AvgIpc) is 2.57. The Morgan fingerprint density at radius 2 is 1.96 bits per heavy atom. The third-order valence-electron chi connectivity index (χ3n) is 4.58. The van der Waals surface area contributed by atoms with E-state index in [2.05, 4.69) is 31.6 Å². The Balaban J connectivity index is 1.66. The van der Waals surface area contributed by atoms with Crippen molar-refractivity contribution in [2.45, 2.75) is 25.7 Å². The molecule has 0 atom stereocenters. The van der Waals surface area contributed by atoms with E-state index in [1.54, 1.807) is 14.2 Å². The van der Waals surface area contributed by atoms with E-state index in [4.69, 9.17) is 9.47 Å². The van der Waals surface area contributed by atoms with Gasteiger partial charge in [0.2, 0.25) is 0 Å². The van der Waals surface area contributed by atoms with Crippen molar-refractivity contribution in [2.24, 2.45) is 10.4 Å². The Kier molecular flexibility index (Phi) is 7.85. The van der Waals surface area contributed by atoms with E-state index in [1.807, 2.05) is 24.3 Å². The number of halogens is 1. The van der Waals surface area contributed by atoms with E-state index in [1.165, 1.54) is 19.3 Å². The molecule has 0 aliphatic heterocycles. The molecule has 1 aliphatic carbocycles. The van der Waals surface area contributed by atoms with Crippen LogP contribution in [0.1, 0.15) is 25.7 Å². The third-order valence-corrected chi connectivity index (χ3v) is 5.11. The molecule has 0 saturated heterocycles. The van der Waals surface area contributed by atoms with Gasteiger partial charge in [-0.25, -0.2) is 0 Å². The largest absolute Gasteiger partial charge is 0.492 e. The molecule has 2 rings (SSSR count). The molecule has 1 fully saturated rings. The van der Waals surface area contributed by atoms with Gasteiger partial charge in [-0.05, 0) is 48.9 Å². The molecule has 0 unspecified atom stereocenters. The van der Waals surface area contributed by atoms with Crippen LogP contribution in [0.25, 0.3) is 0 Å². The third kappa shape index (κ3) is 5.98. The SMILES string of the molecule is CN=C(NCCOc1ccc(Br)cc1)NCC1(CCOC)CCC1. The van der Waals surface area contributed by atoms with E-state index in [9.17, 15) is 0 Å². The highest BCUT2D eigenvalue weighted by atomic mass is 79.9. The van der Waals surface area contributed by atoms with Crippen molar-refractivity contribution in [3.05, 3.63) is 28.7 Å². The van der Waals surface area contributed by atoms with Crippen molar-refractivity contribution in [2.75, 3.05) is 40.5 Å². The summed E-state index contributed by atoms with van der Waals surface area (Å²) in [6.07, 6.45) is 4.97. The molecule has 0 amide bonds. The van der Waals surface area contributed by atoms with Crippen molar-refractivity contribution in [3.63, 3.8) is 0 Å². The summed E-state index contributed by atoms with van der Waals surface area (Å²) in [4.78, 5) is 4.29. The monoisotopic (exact) mass is 397 g/mol. The normalized spacial score (nSPS) is 16.4. The Hall–Kier alpha value is -1.27. The summed E-state index contributed by atoms with van der Waals surface area (Å²) in [5.74, 6) is 1.70. The zero-order valence-corrected chi connectivity index (χ0v) is 16.2. The number of ether oxygens (including phenoxy) is 2. The number of rotatable bonds is 9. The van der Waals surface area contributed by atoms with Crippen LogP contribution in [0.3, 0.4) is 0 Å². The molecule has 24 heavy (non-hydrogen) atoms. The van der Waals surface area contributed by atoms with Crippen LogP contribution >= 0.6 is 15.9 Å². The predicted octanol–water partition coefficient (Wildman–Crippen LogP) is 3.20. The lowest BCUT2D eigenvalue weighted by atomic mass is 9.67. The first-order valence-corrected chi connectivity index (χ1v) is 9.29. The van der Waals surface area contributed by atoms with Gasteiger partial charge in [0.1, 0.15) is 12.4 Å². The molecule has 1 aliphatic rings. The maximum atomic E-state index is 5.70.